The normalized spacial score (nSPS) is 5.20. The molecular weight excluding hydrogens is 92.1 g/mol. The molecule has 0 radical (unpaired) electrons. The Kier molecular flexibility index (Phi) is 9.20. The van der Waals surface area contributed by atoms with Crippen LogP contribution in [0.4, 0.5) is 0 Å². The Morgan fingerprint density at radius 3 is 1.40 bits per heavy atom. The van der Waals surface area contributed by atoms with E-state index in [1.807, 2.05) is 0 Å². The van der Waals surface area contributed by atoms with Gasteiger partial charge in [0.05, 0.1) is 0 Å². The van der Waals surface area contributed by atoms with Crippen LogP contribution < -0.4 is 0 Å². The molecule has 1 nitrogen and oxygen atoms in total. The summed E-state index contributed by atoms with van der Waals surface area (Å²) >= 11 is 0. The van der Waals surface area contributed by atoms with Crippen LogP contribution in [-0.4, -0.2) is 43.5 Å². The predicted octanol–water partition coefficient (Wildman–Crippen LogP) is 0.214. The summed E-state index contributed by atoms with van der Waals surface area (Å²) in [4.78, 5) is 9.44. The van der Waals surface area contributed by atoms with Gasteiger partial charge in [0.1, 0.15) is 5.78 Å². The fraction of sp³-hybridized carbons (Fsp3) is 0.667. The second-order valence-corrected chi connectivity index (χ2v) is 0.908. The fourth-order valence-corrected chi connectivity index (χ4v) is 0. The molecule has 0 aromatic rings. The number of carbonyl (C=O) groups is 1. The van der Waals surface area contributed by atoms with Gasteiger partial charge in [-0.1, -0.05) is 0 Å². The first-order valence-electron chi connectivity index (χ1n) is 1.20. The monoisotopic (exact) mass is 98.0 g/mol. The van der Waals surface area contributed by atoms with E-state index in [0.717, 1.165) is 0 Å². The van der Waals surface area contributed by atoms with Crippen LogP contribution in [0.1, 0.15) is 13.8 Å². The van der Waals surface area contributed by atoms with Crippen molar-refractivity contribution in [2.45, 2.75) is 13.8 Å². The van der Waals surface area contributed by atoms with Crippen LogP contribution in [0.2, 0.25) is 0 Å². The number of rotatable bonds is 0. The zero-order valence-corrected chi connectivity index (χ0v) is 5.82. The Bertz CT molecular complexity index is 29.9. The molecular formula is C3H6CaO+2. The molecule has 0 N–H and O–H groups in total. The van der Waals surface area contributed by atoms with E-state index in [9.17, 15) is 4.79 Å². The van der Waals surface area contributed by atoms with Gasteiger partial charge in [-0.3, -0.25) is 0 Å². The van der Waals surface area contributed by atoms with E-state index in [-0.39, 0.29) is 43.5 Å². The maximum Gasteiger partial charge on any atom is 2.00 e. The molecule has 0 unspecified atom stereocenters. The molecule has 0 spiro atoms. The fourth-order valence-electron chi connectivity index (χ4n) is 0. The van der Waals surface area contributed by atoms with Gasteiger partial charge in [0.25, 0.3) is 0 Å². The second-order valence-electron chi connectivity index (χ2n) is 0.908. The molecule has 0 aliphatic rings. The minimum atomic E-state index is 0. The number of Topliss-reactive ketones (excluding diaryl/α,β-unsaturated/α-hetero) is 1. The zero-order chi connectivity index (χ0) is 3.58. The number of hydrogen-bond donors (Lipinski definition) is 0. The Morgan fingerprint density at radius 2 is 1.40 bits per heavy atom. The van der Waals surface area contributed by atoms with Crippen LogP contribution in [0.15, 0.2) is 0 Å². The first-order chi connectivity index (χ1) is 1.73. The quantitative estimate of drug-likeness (QED) is 0.396. The Hall–Kier alpha value is 0.930. The van der Waals surface area contributed by atoms with E-state index in [1.54, 1.807) is 0 Å². The van der Waals surface area contributed by atoms with Gasteiger partial charge < -0.3 is 4.79 Å². The SMILES string of the molecule is CC(C)=O.[Ca+2]. The van der Waals surface area contributed by atoms with Crippen molar-refractivity contribution in [3.05, 3.63) is 0 Å². The van der Waals surface area contributed by atoms with E-state index in [2.05, 4.69) is 0 Å². The van der Waals surface area contributed by atoms with Crippen LogP contribution in [0.5, 0.6) is 0 Å². The third kappa shape index (κ3) is 49.0. The van der Waals surface area contributed by atoms with Crippen LogP contribution in [0.25, 0.3) is 0 Å². The number of carbonyl (C=O) groups excluding carboxylic acids is 1. The molecule has 0 saturated heterocycles. The summed E-state index contributed by atoms with van der Waals surface area (Å²) in [7, 11) is 0. The maximum atomic E-state index is 9.44. The van der Waals surface area contributed by atoms with E-state index in [1.165, 1.54) is 13.8 Å². The van der Waals surface area contributed by atoms with E-state index in [4.69, 9.17) is 0 Å². The average Bonchev–Trinajstić information content (AvgIpc) is 0.811. The molecule has 0 fully saturated rings. The van der Waals surface area contributed by atoms with Crippen molar-refractivity contribution in [2.24, 2.45) is 0 Å². The molecule has 0 saturated carbocycles. The maximum absolute atomic E-state index is 9.44. The van der Waals surface area contributed by atoms with Crippen LogP contribution in [0.3, 0.4) is 0 Å². The molecule has 2 heteroatoms. The molecule has 0 aromatic carbocycles. The minimum absolute atomic E-state index is 0. The Morgan fingerprint density at radius 1 is 1.40 bits per heavy atom. The first kappa shape index (κ1) is 9.33. The topological polar surface area (TPSA) is 17.1 Å². The number of hydrogen-bond acceptors (Lipinski definition) is 1. The molecule has 0 atom stereocenters. The van der Waals surface area contributed by atoms with Gasteiger partial charge in [0.15, 0.2) is 0 Å². The van der Waals surface area contributed by atoms with Gasteiger partial charge in [0, 0.05) is 0 Å². The van der Waals surface area contributed by atoms with Crippen molar-refractivity contribution in [1.29, 1.82) is 0 Å². The van der Waals surface area contributed by atoms with Crippen molar-refractivity contribution in [1.82, 2.24) is 0 Å². The van der Waals surface area contributed by atoms with Crippen molar-refractivity contribution in [2.75, 3.05) is 0 Å². The Balaban J connectivity index is 0. The van der Waals surface area contributed by atoms with E-state index < -0.39 is 0 Å². The molecule has 0 bridgehead atoms. The van der Waals surface area contributed by atoms with Gasteiger partial charge in [-0.25, -0.2) is 0 Å². The molecule has 0 heterocycles. The summed E-state index contributed by atoms with van der Waals surface area (Å²) in [5.41, 5.74) is 0. The number of ketones is 1. The van der Waals surface area contributed by atoms with E-state index >= 15 is 0 Å². The molecule has 0 amide bonds. The van der Waals surface area contributed by atoms with Gasteiger partial charge >= 0.3 is 37.7 Å². The first-order valence-corrected chi connectivity index (χ1v) is 1.20. The summed E-state index contributed by atoms with van der Waals surface area (Å²) in [5.74, 6) is 0.167. The molecule has 24 valence electrons. The summed E-state index contributed by atoms with van der Waals surface area (Å²) in [6, 6.07) is 0. The minimum Gasteiger partial charge on any atom is -0.300 e. The van der Waals surface area contributed by atoms with Crippen molar-refractivity contribution < 1.29 is 4.79 Å². The van der Waals surface area contributed by atoms with Crippen LogP contribution in [0, 0.1) is 0 Å². The van der Waals surface area contributed by atoms with E-state index in [0.29, 0.717) is 0 Å². The molecule has 5 heavy (non-hydrogen) atoms. The third-order valence-electron chi connectivity index (χ3n) is 0. The van der Waals surface area contributed by atoms with Crippen LogP contribution in [-0.2, 0) is 4.79 Å². The average molecular weight is 98.2 g/mol. The second kappa shape index (κ2) is 4.93. The van der Waals surface area contributed by atoms with Crippen LogP contribution >= 0.6 is 0 Å². The Labute approximate surface area is 61.7 Å². The van der Waals surface area contributed by atoms with Gasteiger partial charge in [-0.15, -0.1) is 0 Å². The third-order valence-corrected chi connectivity index (χ3v) is 0. The van der Waals surface area contributed by atoms with Gasteiger partial charge in [-0.2, -0.15) is 0 Å². The summed E-state index contributed by atoms with van der Waals surface area (Å²) in [5, 5.41) is 0. The van der Waals surface area contributed by atoms with Crippen molar-refractivity contribution >= 4 is 43.5 Å². The van der Waals surface area contributed by atoms with Gasteiger partial charge in [0.2, 0.25) is 0 Å². The predicted molar refractivity (Wildman–Crippen MR) is 22.1 cm³/mol. The summed E-state index contributed by atoms with van der Waals surface area (Å²) < 4.78 is 0. The van der Waals surface area contributed by atoms with Crippen molar-refractivity contribution in [3.8, 4) is 0 Å². The molecule has 0 aliphatic heterocycles. The standard InChI is InChI=1S/C3H6O.Ca/c1-3(2)4;/h1-2H3;/q;+2. The summed E-state index contributed by atoms with van der Waals surface area (Å²) in [6.45, 7) is 3.06. The largest absolute Gasteiger partial charge is 2.00 e. The molecule has 0 aromatic heterocycles. The molecule has 0 aliphatic carbocycles. The molecule has 0 rings (SSSR count). The zero-order valence-electron chi connectivity index (χ0n) is 3.62. The van der Waals surface area contributed by atoms with Crippen molar-refractivity contribution in [3.63, 3.8) is 0 Å². The van der Waals surface area contributed by atoms with Gasteiger partial charge in [-0.05, 0) is 13.8 Å². The smallest absolute Gasteiger partial charge is 0.300 e. The summed E-state index contributed by atoms with van der Waals surface area (Å²) in [6.07, 6.45) is 0.